The van der Waals surface area contributed by atoms with Gasteiger partial charge in [-0.15, -0.1) is 0 Å². The second kappa shape index (κ2) is 5.51. The van der Waals surface area contributed by atoms with Crippen LogP contribution in [-0.4, -0.2) is 11.1 Å². The average Bonchev–Trinajstić information content (AvgIpc) is 2.39. The van der Waals surface area contributed by atoms with Gasteiger partial charge in [-0.1, -0.05) is 47.5 Å². The second-order valence-electron chi connectivity index (χ2n) is 4.57. The Bertz CT molecular complexity index is 504. The summed E-state index contributed by atoms with van der Waals surface area (Å²) in [6.45, 7) is 1.77. The van der Waals surface area contributed by atoms with Crippen LogP contribution >= 0.6 is 23.2 Å². The molecule has 100 valence electrons. The summed E-state index contributed by atoms with van der Waals surface area (Å²) in [4.78, 5) is 0. The van der Waals surface area contributed by atoms with Crippen LogP contribution in [0.4, 0.5) is 0 Å². The van der Waals surface area contributed by atoms with E-state index in [4.69, 9.17) is 28.9 Å². The number of halogens is 2. The molecule has 2 rings (SSSR count). The largest absolute Gasteiger partial charge is 0.379 e. The summed E-state index contributed by atoms with van der Waals surface area (Å²) in [5.41, 5.74) is 6.13. The van der Waals surface area contributed by atoms with Crippen LogP contribution in [0.1, 0.15) is 18.1 Å². The number of rotatable bonds is 3. The van der Waals surface area contributed by atoms with E-state index in [0.717, 1.165) is 0 Å². The fourth-order valence-electron chi connectivity index (χ4n) is 2.10. The molecule has 0 amide bonds. The molecule has 2 aromatic rings. The summed E-state index contributed by atoms with van der Waals surface area (Å²) < 4.78 is 0. The molecule has 0 aliphatic heterocycles. The Morgan fingerprint density at radius 1 is 0.895 bits per heavy atom. The zero-order valence-electron chi connectivity index (χ0n) is 10.5. The summed E-state index contributed by atoms with van der Waals surface area (Å²) in [5, 5.41) is 12.2. The highest BCUT2D eigenvalue weighted by Gasteiger charge is 2.35. The molecule has 0 unspecified atom stereocenters. The van der Waals surface area contributed by atoms with Crippen molar-refractivity contribution in [2.24, 2.45) is 5.73 Å². The standard InChI is InChI=1S/C15H15Cl2NO/c1-10(18)15(19,11-2-6-13(16)7-3-11)12-4-8-14(17)9-5-12/h2-10,19H,18H2,1H3/t10-/m0/s1. The maximum atomic E-state index is 11.0. The second-order valence-corrected chi connectivity index (χ2v) is 5.44. The Morgan fingerprint density at radius 3 is 1.47 bits per heavy atom. The van der Waals surface area contributed by atoms with Crippen molar-refractivity contribution in [1.82, 2.24) is 0 Å². The topological polar surface area (TPSA) is 46.2 Å². The summed E-state index contributed by atoms with van der Waals surface area (Å²) in [6.07, 6.45) is 0. The molecule has 0 fully saturated rings. The fraction of sp³-hybridized carbons (Fsp3) is 0.200. The van der Waals surface area contributed by atoms with Gasteiger partial charge in [0.25, 0.3) is 0 Å². The molecule has 0 spiro atoms. The van der Waals surface area contributed by atoms with Crippen LogP contribution in [0.3, 0.4) is 0 Å². The Morgan fingerprint density at radius 2 is 1.21 bits per heavy atom. The van der Waals surface area contributed by atoms with Gasteiger partial charge in [0.05, 0.1) is 0 Å². The minimum absolute atomic E-state index is 0.477. The number of hydrogen-bond acceptors (Lipinski definition) is 2. The summed E-state index contributed by atoms with van der Waals surface area (Å²) in [6, 6.07) is 13.6. The van der Waals surface area contributed by atoms with Crippen LogP contribution in [0.5, 0.6) is 0 Å². The van der Waals surface area contributed by atoms with E-state index in [1.165, 1.54) is 0 Å². The molecule has 1 atom stereocenters. The molecule has 0 radical (unpaired) electrons. The molecule has 0 bridgehead atoms. The van der Waals surface area contributed by atoms with E-state index >= 15 is 0 Å². The maximum absolute atomic E-state index is 11.0. The Balaban J connectivity index is 2.54. The lowest BCUT2D eigenvalue weighted by atomic mass is 9.81. The Kier molecular flexibility index (Phi) is 4.16. The van der Waals surface area contributed by atoms with Gasteiger partial charge in [0, 0.05) is 16.1 Å². The SMILES string of the molecule is C[C@H](N)C(O)(c1ccc(Cl)cc1)c1ccc(Cl)cc1. The highest BCUT2D eigenvalue weighted by molar-refractivity contribution is 6.30. The summed E-state index contributed by atoms with van der Waals surface area (Å²) in [7, 11) is 0. The lowest BCUT2D eigenvalue weighted by Crippen LogP contribution is -2.44. The third kappa shape index (κ3) is 2.77. The van der Waals surface area contributed by atoms with Gasteiger partial charge in [-0.05, 0) is 42.3 Å². The number of hydrogen-bond donors (Lipinski definition) is 2. The first-order chi connectivity index (χ1) is 8.94. The van der Waals surface area contributed by atoms with Gasteiger partial charge >= 0.3 is 0 Å². The summed E-state index contributed by atoms with van der Waals surface area (Å²) >= 11 is 11.8. The van der Waals surface area contributed by atoms with Crippen molar-refractivity contribution in [3.05, 3.63) is 69.7 Å². The molecule has 0 aliphatic carbocycles. The molecule has 2 nitrogen and oxygen atoms in total. The van der Waals surface area contributed by atoms with Gasteiger partial charge in [0.15, 0.2) is 0 Å². The minimum Gasteiger partial charge on any atom is -0.379 e. The maximum Gasteiger partial charge on any atom is 0.129 e. The van der Waals surface area contributed by atoms with Crippen LogP contribution in [-0.2, 0) is 5.60 Å². The average molecular weight is 296 g/mol. The van der Waals surface area contributed by atoms with E-state index in [2.05, 4.69) is 0 Å². The molecule has 0 saturated carbocycles. The molecule has 0 aliphatic rings. The van der Waals surface area contributed by atoms with Gasteiger partial charge < -0.3 is 10.8 Å². The van der Waals surface area contributed by atoms with Crippen molar-refractivity contribution < 1.29 is 5.11 Å². The van der Waals surface area contributed by atoms with E-state index in [0.29, 0.717) is 21.2 Å². The Hall–Kier alpha value is -1.06. The Labute approximate surface area is 122 Å². The van der Waals surface area contributed by atoms with E-state index < -0.39 is 11.6 Å². The van der Waals surface area contributed by atoms with Gasteiger partial charge in [0.1, 0.15) is 5.60 Å². The predicted molar refractivity (Wildman–Crippen MR) is 79.6 cm³/mol. The van der Waals surface area contributed by atoms with Gasteiger partial charge in [-0.25, -0.2) is 0 Å². The molecule has 19 heavy (non-hydrogen) atoms. The first-order valence-electron chi connectivity index (χ1n) is 5.94. The molecular formula is C15H15Cl2NO. The minimum atomic E-state index is -1.27. The smallest absolute Gasteiger partial charge is 0.129 e. The van der Waals surface area contributed by atoms with Crippen molar-refractivity contribution in [1.29, 1.82) is 0 Å². The van der Waals surface area contributed by atoms with Gasteiger partial charge in [-0.3, -0.25) is 0 Å². The lowest BCUT2D eigenvalue weighted by Gasteiger charge is -2.33. The van der Waals surface area contributed by atoms with Gasteiger partial charge in [0.2, 0.25) is 0 Å². The van der Waals surface area contributed by atoms with Crippen LogP contribution in [0, 0.1) is 0 Å². The highest BCUT2D eigenvalue weighted by Crippen LogP contribution is 2.33. The number of benzene rings is 2. The molecule has 0 heterocycles. The van der Waals surface area contributed by atoms with E-state index in [-0.39, 0.29) is 0 Å². The van der Waals surface area contributed by atoms with Crippen LogP contribution in [0.2, 0.25) is 10.0 Å². The van der Waals surface area contributed by atoms with E-state index in [9.17, 15) is 5.11 Å². The first-order valence-corrected chi connectivity index (χ1v) is 6.70. The molecule has 0 aromatic heterocycles. The van der Waals surface area contributed by atoms with Crippen molar-refractivity contribution in [2.75, 3.05) is 0 Å². The van der Waals surface area contributed by atoms with Crippen LogP contribution in [0.15, 0.2) is 48.5 Å². The van der Waals surface area contributed by atoms with Crippen molar-refractivity contribution >= 4 is 23.2 Å². The quantitative estimate of drug-likeness (QED) is 0.909. The fourth-order valence-corrected chi connectivity index (χ4v) is 2.35. The highest BCUT2D eigenvalue weighted by atomic mass is 35.5. The molecule has 4 heteroatoms. The normalized spacial score (nSPS) is 13.3. The zero-order chi connectivity index (χ0) is 14.0. The van der Waals surface area contributed by atoms with Crippen LogP contribution < -0.4 is 5.73 Å². The van der Waals surface area contributed by atoms with Crippen LogP contribution in [0.25, 0.3) is 0 Å². The lowest BCUT2D eigenvalue weighted by molar-refractivity contribution is 0.0579. The van der Waals surface area contributed by atoms with E-state index in [1.54, 1.807) is 55.5 Å². The van der Waals surface area contributed by atoms with E-state index in [1.807, 2.05) is 0 Å². The predicted octanol–water partition coefficient (Wildman–Crippen LogP) is 3.58. The van der Waals surface area contributed by atoms with Gasteiger partial charge in [-0.2, -0.15) is 0 Å². The number of aliphatic hydroxyl groups is 1. The van der Waals surface area contributed by atoms with Crippen molar-refractivity contribution in [3.8, 4) is 0 Å². The number of nitrogens with two attached hydrogens (primary N) is 1. The zero-order valence-corrected chi connectivity index (χ0v) is 12.0. The molecular weight excluding hydrogens is 281 g/mol. The third-order valence-corrected chi connectivity index (χ3v) is 3.73. The molecule has 3 N–H and O–H groups in total. The first kappa shape index (κ1) is 14.4. The molecule has 2 aromatic carbocycles. The third-order valence-electron chi connectivity index (χ3n) is 3.23. The molecule has 0 saturated heterocycles. The van der Waals surface area contributed by atoms with Crippen molar-refractivity contribution in [2.45, 2.75) is 18.6 Å². The van der Waals surface area contributed by atoms with Crippen molar-refractivity contribution in [3.63, 3.8) is 0 Å². The summed E-state index contributed by atoms with van der Waals surface area (Å²) in [5.74, 6) is 0. The monoisotopic (exact) mass is 295 g/mol.